The van der Waals surface area contributed by atoms with Gasteiger partial charge in [-0.15, -0.1) is 0 Å². The fraction of sp³-hybridized carbons (Fsp3) is 0.269. The number of amides is 1. The number of ether oxygens (including phenoxy) is 1. The van der Waals surface area contributed by atoms with Crippen molar-refractivity contribution in [2.75, 3.05) is 41.9 Å². The van der Waals surface area contributed by atoms with Crippen LogP contribution in [-0.2, 0) is 11.2 Å². The van der Waals surface area contributed by atoms with Crippen molar-refractivity contribution in [1.29, 1.82) is 0 Å². The number of non-ortho nitro benzene ring substituents is 1. The highest BCUT2D eigenvalue weighted by atomic mass is 35.5. The van der Waals surface area contributed by atoms with E-state index in [1.807, 2.05) is 48.5 Å². The molecule has 180 valence electrons. The minimum Gasteiger partial charge on any atom is -0.497 e. The number of rotatable bonds is 5. The summed E-state index contributed by atoms with van der Waals surface area (Å²) in [6, 6.07) is 19.8. The first-order valence-corrected chi connectivity index (χ1v) is 11.8. The molecule has 1 saturated heterocycles. The molecule has 0 saturated carbocycles. The lowest BCUT2D eigenvalue weighted by Gasteiger charge is -2.49. The van der Waals surface area contributed by atoms with Crippen LogP contribution in [0.25, 0.3) is 0 Å². The number of nitrogens with one attached hydrogen (secondary N) is 1. The smallest absolute Gasteiger partial charge is 0.269 e. The molecule has 2 aliphatic heterocycles. The van der Waals surface area contributed by atoms with E-state index in [0.29, 0.717) is 36.0 Å². The number of hydrogen-bond acceptors (Lipinski definition) is 6. The van der Waals surface area contributed by atoms with Crippen LogP contribution in [0.4, 0.5) is 22.7 Å². The van der Waals surface area contributed by atoms with Gasteiger partial charge in [0.05, 0.1) is 24.0 Å². The Hall–Kier alpha value is -3.78. The molecule has 0 radical (unpaired) electrons. The van der Waals surface area contributed by atoms with Crippen LogP contribution in [-0.4, -0.2) is 43.6 Å². The molecule has 3 aromatic rings. The highest BCUT2D eigenvalue weighted by Crippen LogP contribution is 2.39. The highest BCUT2D eigenvalue weighted by Gasteiger charge is 2.42. The van der Waals surface area contributed by atoms with Crippen LogP contribution in [0.15, 0.2) is 66.7 Å². The van der Waals surface area contributed by atoms with Crippen molar-refractivity contribution in [3.63, 3.8) is 0 Å². The Balaban J connectivity index is 1.48. The van der Waals surface area contributed by atoms with Crippen molar-refractivity contribution in [3.05, 3.63) is 87.4 Å². The van der Waals surface area contributed by atoms with E-state index in [1.165, 1.54) is 6.07 Å². The number of benzene rings is 3. The van der Waals surface area contributed by atoms with Crippen LogP contribution in [0.3, 0.4) is 0 Å². The van der Waals surface area contributed by atoms with Crippen LogP contribution in [0.5, 0.6) is 5.75 Å². The Morgan fingerprint density at radius 1 is 1.11 bits per heavy atom. The molecule has 2 atom stereocenters. The molecule has 9 heteroatoms. The van der Waals surface area contributed by atoms with Crippen molar-refractivity contribution in [2.24, 2.45) is 5.92 Å². The summed E-state index contributed by atoms with van der Waals surface area (Å²) in [4.78, 5) is 29.1. The van der Waals surface area contributed by atoms with E-state index in [9.17, 15) is 14.9 Å². The van der Waals surface area contributed by atoms with Crippen molar-refractivity contribution < 1.29 is 14.5 Å². The molecule has 0 bridgehead atoms. The molecule has 35 heavy (non-hydrogen) atoms. The average molecular weight is 493 g/mol. The van der Waals surface area contributed by atoms with Gasteiger partial charge < -0.3 is 19.9 Å². The van der Waals surface area contributed by atoms with Gasteiger partial charge in [-0.1, -0.05) is 23.7 Å². The summed E-state index contributed by atoms with van der Waals surface area (Å²) < 4.78 is 5.28. The first-order chi connectivity index (χ1) is 16.9. The zero-order valence-electron chi connectivity index (χ0n) is 19.2. The molecule has 0 aromatic heterocycles. The van der Waals surface area contributed by atoms with Gasteiger partial charge in [-0.05, 0) is 48.4 Å². The first-order valence-electron chi connectivity index (χ1n) is 11.4. The predicted molar refractivity (Wildman–Crippen MR) is 137 cm³/mol. The third-order valence-electron chi connectivity index (χ3n) is 6.75. The highest BCUT2D eigenvalue weighted by molar-refractivity contribution is 6.30. The van der Waals surface area contributed by atoms with Crippen LogP contribution in [0.1, 0.15) is 5.56 Å². The van der Waals surface area contributed by atoms with E-state index in [4.69, 9.17) is 16.3 Å². The number of nitro groups is 1. The monoisotopic (exact) mass is 492 g/mol. The molecule has 2 aliphatic rings. The van der Waals surface area contributed by atoms with Gasteiger partial charge in [-0.3, -0.25) is 14.9 Å². The molecule has 0 spiro atoms. The maximum absolute atomic E-state index is 13.6. The molecule has 1 fully saturated rings. The molecule has 3 aromatic carbocycles. The number of fused-ring (bicyclic) bond motifs is 3. The van der Waals surface area contributed by atoms with E-state index in [1.54, 1.807) is 19.2 Å². The van der Waals surface area contributed by atoms with Crippen molar-refractivity contribution in [3.8, 4) is 5.75 Å². The van der Waals surface area contributed by atoms with Gasteiger partial charge in [0.2, 0.25) is 5.91 Å². The lowest BCUT2D eigenvalue weighted by atomic mass is 9.83. The molecule has 5 rings (SSSR count). The Labute approximate surface area is 208 Å². The largest absolute Gasteiger partial charge is 0.497 e. The molecule has 0 aliphatic carbocycles. The molecular formula is C26H25ClN4O4. The van der Waals surface area contributed by atoms with Gasteiger partial charge in [0.15, 0.2) is 0 Å². The van der Waals surface area contributed by atoms with E-state index in [2.05, 4.69) is 15.1 Å². The Bertz CT molecular complexity index is 1280. The summed E-state index contributed by atoms with van der Waals surface area (Å²) in [6.45, 7) is 2.06. The summed E-state index contributed by atoms with van der Waals surface area (Å²) in [5, 5.41) is 15.1. The van der Waals surface area contributed by atoms with Gasteiger partial charge >= 0.3 is 0 Å². The van der Waals surface area contributed by atoms with Gasteiger partial charge in [-0.2, -0.15) is 0 Å². The number of halogens is 1. The quantitative estimate of drug-likeness (QED) is 0.408. The maximum Gasteiger partial charge on any atom is 0.269 e. The number of carbonyl (C=O) groups excluding carboxylic acids is 1. The third kappa shape index (κ3) is 4.61. The number of nitrogens with zero attached hydrogens (tertiary/aromatic N) is 3. The van der Waals surface area contributed by atoms with Crippen molar-refractivity contribution >= 4 is 40.3 Å². The summed E-state index contributed by atoms with van der Waals surface area (Å²) in [5.74, 6) is 0.120. The molecular weight excluding hydrogens is 468 g/mol. The Morgan fingerprint density at radius 2 is 1.94 bits per heavy atom. The Kier molecular flexibility index (Phi) is 6.21. The minimum absolute atomic E-state index is 0.0340. The molecule has 8 nitrogen and oxygen atoms in total. The summed E-state index contributed by atoms with van der Waals surface area (Å²) >= 11 is 6.24. The molecule has 2 unspecified atom stereocenters. The number of anilines is 3. The summed E-state index contributed by atoms with van der Waals surface area (Å²) in [6.07, 6.45) is 0.414. The van der Waals surface area contributed by atoms with E-state index >= 15 is 0 Å². The van der Waals surface area contributed by atoms with Crippen LogP contribution >= 0.6 is 11.6 Å². The summed E-state index contributed by atoms with van der Waals surface area (Å²) in [5.41, 5.74) is 3.47. The average Bonchev–Trinajstić information content (AvgIpc) is 2.87. The van der Waals surface area contributed by atoms with Gasteiger partial charge in [-0.25, -0.2) is 0 Å². The summed E-state index contributed by atoms with van der Waals surface area (Å²) in [7, 11) is 1.58. The number of piperazine rings is 1. The fourth-order valence-electron chi connectivity index (χ4n) is 5.07. The van der Waals surface area contributed by atoms with Crippen LogP contribution in [0, 0.1) is 16.0 Å². The zero-order valence-corrected chi connectivity index (χ0v) is 19.9. The van der Waals surface area contributed by atoms with Crippen LogP contribution < -0.4 is 19.9 Å². The molecule has 1 amide bonds. The van der Waals surface area contributed by atoms with Gasteiger partial charge in [0.1, 0.15) is 5.75 Å². The van der Waals surface area contributed by atoms with Gasteiger partial charge in [0.25, 0.3) is 5.69 Å². The second-order valence-electron chi connectivity index (χ2n) is 8.79. The zero-order chi connectivity index (χ0) is 24.5. The second kappa shape index (κ2) is 9.46. The lowest BCUT2D eigenvalue weighted by Crippen LogP contribution is -2.60. The standard InChI is InChI=1S/C26H25ClN4O4/c1-35-22-7-3-5-19(15-22)28-26(32)23-13-17-12-21(31(33)34)8-9-24(17)30-11-10-29(16-25(23)30)20-6-2-4-18(27)14-20/h2-9,12,14-15,23,25H,10-11,13,16H2,1H3,(H,28,32). The maximum atomic E-state index is 13.6. The molecule has 2 heterocycles. The van der Waals surface area contributed by atoms with Crippen molar-refractivity contribution in [1.82, 2.24) is 0 Å². The van der Waals surface area contributed by atoms with Crippen LogP contribution in [0.2, 0.25) is 5.02 Å². The Morgan fingerprint density at radius 3 is 2.71 bits per heavy atom. The normalized spacial score (nSPS) is 18.9. The molecule has 1 N–H and O–H groups in total. The first kappa shape index (κ1) is 23.0. The van der Waals surface area contributed by atoms with Crippen molar-refractivity contribution in [2.45, 2.75) is 12.5 Å². The van der Waals surface area contributed by atoms with E-state index in [0.717, 1.165) is 23.5 Å². The third-order valence-corrected chi connectivity index (χ3v) is 6.99. The van der Waals surface area contributed by atoms with E-state index < -0.39 is 10.8 Å². The number of hydrogen-bond donors (Lipinski definition) is 1. The topological polar surface area (TPSA) is 87.9 Å². The lowest BCUT2D eigenvalue weighted by molar-refractivity contribution is -0.384. The predicted octanol–water partition coefficient (Wildman–Crippen LogP) is 4.76. The SMILES string of the molecule is COc1cccc(NC(=O)C2Cc3cc([N+](=O)[O-])ccc3N3CCN(c4cccc(Cl)c4)CC23)c1. The second-order valence-corrected chi connectivity index (χ2v) is 9.23. The number of nitro benzene ring substituents is 1. The van der Waals surface area contributed by atoms with E-state index in [-0.39, 0.29) is 17.6 Å². The fourth-order valence-corrected chi connectivity index (χ4v) is 5.25. The number of methoxy groups -OCH3 is 1. The number of carbonyl (C=O) groups is 1. The minimum atomic E-state index is -0.405. The van der Waals surface area contributed by atoms with Gasteiger partial charge in [0, 0.05) is 59.9 Å².